The Balaban J connectivity index is 3.93. The molecule has 110 valence electrons. The predicted molar refractivity (Wildman–Crippen MR) is 67.1 cm³/mol. The fraction of sp³-hybridized carbons (Fsp3) is 0.727. The Bertz CT molecular complexity index is 338. The molecular weight excluding hydrogens is 254 g/mol. The second-order valence-corrected chi connectivity index (χ2v) is 4.93. The second kappa shape index (κ2) is 7.57. The summed E-state index contributed by atoms with van der Waals surface area (Å²) in [5.74, 6) is -0.867. The molecular formula is C11H21N3O5. The minimum absolute atomic E-state index is 0.252. The zero-order valence-corrected chi connectivity index (χ0v) is 11.4. The molecule has 1 atom stereocenters. The number of ether oxygens (including phenoxy) is 2. The molecule has 8 heteroatoms. The van der Waals surface area contributed by atoms with Gasteiger partial charge in [-0.05, 0) is 33.6 Å². The van der Waals surface area contributed by atoms with E-state index in [0.717, 1.165) is 0 Å². The van der Waals surface area contributed by atoms with Gasteiger partial charge in [-0.1, -0.05) is 0 Å². The molecule has 0 aliphatic rings. The second-order valence-electron chi connectivity index (χ2n) is 4.93. The van der Waals surface area contributed by atoms with Crippen molar-refractivity contribution in [2.45, 2.75) is 45.3 Å². The standard InChI is InChI=1S/C11H21N3O5/c1-11(2,3)19-10(17)18-8(15)7(12)5-4-6-14-9(13)16/h7H,4-6,12H2,1-3H3,(H3,13,14,16)/t7-/m0/s1. The third-order valence-electron chi connectivity index (χ3n) is 1.87. The van der Waals surface area contributed by atoms with E-state index in [4.69, 9.17) is 16.2 Å². The maximum absolute atomic E-state index is 11.4. The molecule has 0 saturated heterocycles. The number of amides is 2. The van der Waals surface area contributed by atoms with Crippen LogP contribution in [0.1, 0.15) is 33.6 Å². The van der Waals surface area contributed by atoms with Crippen molar-refractivity contribution < 1.29 is 23.9 Å². The van der Waals surface area contributed by atoms with Crippen molar-refractivity contribution >= 4 is 18.2 Å². The molecule has 2 amide bonds. The summed E-state index contributed by atoms with van der Waals surface area (Å²) in [5, 5.41) is 2.35. The van der Waals surface area contributed by atoms with E-state index in [1.165, 1.54) is 0 Å². The van der Waals surface area contributed by atoms with E-state index in [1.807, 2.05) is 0 Å². The first-order valence-electron chi connectivity index (χ1n) is 5.85. The summed E-state index contributed by atoms with van der Waals surface area (Å²) < 4.78 is 9.23. The third kappa shape index (κ3) is 9.83. The Morgan fingerprint density at radius 2 is 1.84 bits per heavy atom. The number of nitrogens with two attached hydrogens (primary N) is 2. The van der Waals surface area contributed by atoms with Crippen LogP contribution in [0.25, 0.3) is 0 Å². The van der Waals surface area contributed by atoms with E-state index < -0.39 is 29.8 Å². The Labute approximate surface area is 111 Å². The maximum atomic E-state index is 11.4. The predicted octanol–water partition coefficient (Wildman–Crippen LogP) is 0.241. The number of carbonyl (C=O) groups excluding carboxylic acids is 3. The van der Waals surface area contributed by atoms with Gasteiger partial charge in [-0.25, -0.2) is 14.4 Å². The van der Waals surface area contributed by atoms with Gasteiger partial charge in [0.2, 0.25) is 0 Å². The van der Waals surface area contributed by atoms with Gasteiger partial charge in [0.05, 0.1) is 0 Å². The van der Waals surface area contributed by atoms with Crippen LogP contribution < -0.4 is 16.8 Å². The van der Waals surface area contributed by atoms with E-state index in [0.29, 0.717) is 13.0 Å². The first-order chi connectivity index (χ1) is 8.61. The molecule has 0 aromatic carbocycles. The summed E-state index contributed by atoms with van der Waals surface area (Å²) in [7, 11) is 0. The molecule has 5 N–H and O–H groups in total. The van der Waals surface area contributed by atoms with Crippen LogP contribution in [0.5, 0.6) is 0 Å². The van der Waals surface area contributed by atoms with Crippen molar-refractivity contribution in [2.24, 2.45) is 11.5 Å². The lowest BCUT2D eigenvalue weighted by Crippen LogP contribution is -2.37. The van der Waals surface area contributed by atoms with Crippen molar-refractivity contribution in [1.82, 2.24) is 5.32 Å². The first kappa shape index (κ1) is 17.2. The highest BCUT2D eigenvalue weighted by Gasteiger charge is 2.23. The highest BCUT2D eigenvalue weighted by molar-refractivity contribution is 5.85. The van der Waals surface area contributed by atoms with Crippen LogP contribution in [0.3, 0.4) is 0 Å². The highest BCUT2D eigenvalue weighted by Crippen LogP contribution is 2.08. The van der Waals surface area contributed by atoms with Gasteiger partial charge in [-0.3, -0.25) is 0 Å². The van der Waals surface area contributed by atoms with Gasteiger partial charge in [0.15, 0.2) is 0 Å². The van der Waals surface area contributed by atoms with Crippen LogP contribution in [0.2, 0.25) is 0 Å². The lowest BCUT2D eigenvalue weighted by Gasteiger charge is -2.19. The van der Waals surface area contributed by atoms with Crippen molar-refractivity contribution in [3.05, 3.63) is 0 Å². The Morgan fingerprint density at radius 3 is 2.32 bits per heavy atom. The largest absolute Gasteiger partial charge is 0.516 e. The Morgan fingerprint density at radius 1 is 1.26 bits per heavy atom. The SMILES string of the molecule is CC(C)(C)OC(=O)OC(=O)[C@@H](N)CCCNC(N)=O. The lowest BCUT2D eigenvalue weighted by atomic mass is 10.2. The summed E-state index contributed by atoms with van der Waals surface area (Å²) in [5.41, 5.74) is 9.64. The average Bonchev–Trinajstić information content (AvgIpc) is 2.20. The molecule has 19 heavy (non-hydrogen) atoms. The van der Waals surface area contributed by atoms with Crippen LogP contribution in [0, 0.1) is 0 Å². The number of carbonyl (C=O) groups is 3. The van der Waals surface area contributed by atoms with Gasteiger partial charge in [-0.15, -0.1) is 0 Å². The Kier molecular flexibility index (Phi) is 6.84. The van der Waals surface area contributed by atoms with Crippen molar-refractivity contribution in [1.29, 1.82) is 0 Å². The molecule has 0 spiro atoms. The zero-order valence-electron chi connectivity index (χ0n) is 11.4. The normalized spacial score (nSPS) is 12.4. The topological polar surface area (TPSA) is 134 Å². The quantitative estimate of drug-likeness (QED) is 0.374. The van der Waals surface area contributed by atoms with E-state index in [2.05, 4.69) is 10.1 Å². The summed E-state index contributed by atoms with van der Waals surface area (Å²) in [6.45, 7) is 5.24. The van der Waals surface area contributed by atoms with Gasteiger partial charge in [0, 0.05) is 6.54 Å². The Hall–Kier alpha value is -1.83. The molecule has 0 aromatic rings. The molecule has 0 aliphatic carbocycles. The van der Waals surface area contributed by atoms with E-state index >= 15 is 0 Å². The number of hydrogen-bond donors (Lipinski definition) is 3. The van der Waals surface area contributed by atoms with Gasteiger partial charge in [0.1, 0.15) is 11.6 Å². The molecule has 0 saturated carbocycles. The number of primary amides is 1. The molecule has 0 aliphatic heterocycles. The number of nitrogens with one attached hydrogen (secondary N) is 1. The molecule has 0 rings (SSSR count). The number of esters is 1. The highest BCUT2D eigenvalue weighted by atomic mass is 16.7. The molecule has 0 radical (unpaired) electrons. The van der Waals surface area contributed by atoms with Crippen molar-refractivity contribution in [3.63, 3.8) is 0 Å². The van der Waals surface area contributed by atoms with Gasteiger partial charge < -0.3 is 26.3 Å². The van der Waals surface area contributed by atoms with Crippen LogP contribution in [-0.4, -0.2) is 36.3 Å². The third-order valence-corrected chi connectivity index (χ3v) is 1.87. The minimum atomic E-state index is -1.08. The number of urea groups is 1. The maximum Gasteiger partial charge on any atom is 0.516 e. The van der Waals surface area contributed by atoms with E-state index in [1.54, 1.807) is 20.8 Å². The smallest absolute Gasteiger partial charge is 0.428 e. The molecule has 0 fully saturated rings. The van der Waals surface area contributed by atoms with Gasteiger partial charge in [0.25, 0.3) is 0 Å². The molecule has 0 bridgehead atoms. The fourth-order valence-electron chi connectivity index (χ4n) is 1.08. The monoisotopic (exact) mass is 275 g/mol. The van der Waals surface area contributed by atoms with Crippen LogP contribution in [0.15, 0.2) is 0 Å². The van der Waals surface area contributed by atoms with E-state index in [9.17, 15) is 14.4 Å². The van der Waals surface area contributed by atoms with Gasteiger partial charge >= 0.3 is 18.2 Å². The fourth-order valence-corrected chi connectivity index (χ4v) is 1.08. The summed E-state index contributed by atoms with van der Waals surface area (Å²) in [4.78, 5) is 33.0. The van der Waals surface area contributed by atoms with Crippen molar-refractivity contribution in [2.75, 3.05) is 6.54 Å². The molecule has 0 aromatic heterocycles. The lowest BCUT2D eigenvalue weighted by molar-refractivity contribution is -0.143. The van der Waals surface area contributed by atoms with E-state index in [-0.39, 0.29) is 6.42 Å². The minimum Gasteiger partial charge on any atom is -0.428 e. The number of rotatable bonds is 5. The van der Waals surface area contributed by atoms with Crippen LogP contribution in [0.4, 0.5) is 9.59 Å². The molecule has 0 heterocycles. The number of hydrogen-bond acceptors (Lipinski definition) is 6. The summed E-state index contributed by atoms with van der Waals surface area (Å²) in [6, 6.07) is -1.60. The molecule has 0 unspecified atom stereocenters. The van der Waals surface area contributed by atoms with Crippen LogP contribution >= 0.6 is 0 Å². The van der Waals surface area contributed by atoms with Crippen LogP contribution in [-0.2, 0) is 14.3 Å². The zero-order chi connectivity index (χ0) is 15.1. The first-order valence-corrected chi connectivity index (χ1v) is 5.85. The molecule has 8 nitrogen and oxygen atoms in total. The summed E-state index contributed by atoms with van der Waals surface area (Å²) in [6.07, 6.45) is -0.390. The van der Waals surface area contributed by atoms with Crippen molar-refractivity contribution in [3.8, 4) is 0 Å². The summed E-state index contributed by atoms with van der Waals surface area (Å²) >= 11 is 0. The average molecular weight is 275 g/mol. The van der Waals surface area contributed by atoms with Gasteiger partial charge in [-0.2, -0.15) is 0 Å².